The number of hydrogen-bond donors (Lipinski definition) is 0. The van der Waals surface area contributed by atoms with Crippen molar-refractivity contribution in [3.63, 3.8) is 0 Å². The highest BCUT2D eigenvalue weighted by molar-refractivity contribution is 5.33. The van der Waals surface area contributed by atoms with E-state index in [-0.39, 0.29) is 11.3 Å². The lowest BCUT2D eigenvalue weighted by Gasteiger charge is -2.24. The van der Waals surface area contributed by atoms with E-state index in [1.807, 2.05) is 0 Å². The van der Waals surface area contributed by atoms with Crippen LogP contribution in [0.25, 0.3) is 0 Å². The lowest BCUT2D eigenvalue weighted by molar-refractivity contribution is 0.114. The lowest BCUT2D eigenvalue weighted by atomic mass is 9.97. The summed E-state index contributed by atoms with van der Waals surface area (Å²) >= 11 is 0. The number of ether oxygens (including phenoxy) is 2. The first-order valence-corrected chi connectivity index (χ1v) is 7.11. The summed E-state index contributed by atoms with van der Waals surface area (Å²) in [4.78, 5) is 0. The van der Waals surface area contributed by atoms with Crippen LogP contribution in [0, 0.1) is 11.6 Å². The highest BCUT2D eigenvalue weighted by atomic mass is 19.2. The van der Waals surface area contributed by atoms with Crippen molar-refractivity contribution in [2.75, 3.05) is 6.61 Å². The molecule has 0 saturated heterocycles. The van der Waals surface area contributed by atoms with Crippen LogP contribution in [0.3, 0.4) is 0 Å². The Hall–Kier alpha value is -1.58. The van der Waals surface area contributed by atoms with E-state index in [4.69, 9.17) is 9.47 Å². The third-order valence-corrected chi connectivity index (χ3v) is 3.42. The van der Waals surface area contributed by atoms with E-state index in [0.29, 0.717) is 13.0 Å². The summed E-state index contributed by atoms with van der Waals surface area (Å²) in [5.74, 6) is -1.85. The highest BCUT2D eigenvalue weighted by Gasteiger charge is 2.24. The predicted molar refractivity (Wildman–Crippen MR) is 73.6 cm³/mol. The number of halogens is 2. The predicted octanol–water partition coefficient (Wildman–Crippen LogP) is 4.90. The molecule has 110 valence electrons. The van der Waals surface area contributed by atoms with Crippen LogP contribution in [0.5, 0.6) is 5.75 Å². The normalized spacial score (nSPS) is 18.4. The summed E-state index contributed by atoms with van der Waals surface area (Å²) < 4.78 is 38.5. The molecule has 1 aromatic rings. The zero-order valence-electron chi connectivity index (χ0n) is 11.9. The zero-order chi connectivity index (χ0) is 14.5. The molecule has 2 nitrogen and oxygen atoms in total. The quantitative estimate of drug-likeness (QED) is 0.764. The first-order chi connectivity index (χ1) is 9.67. The average Bonchev–Trinajstić information content (AvgIpc) is 2.46. The second-order valence-electron chi connectivity index (χ2n) is 4.90. The number of rotatable bonds is 5. The van der Waals surface area contributed by atoms with Crippen LogP contribution in [0.1, 0.15) is 51.2 Å². The van der Waals surface area contributed by atoms with Crippen molar-refractivity contribution in [2.24, 2.45) is 0 Å². The Labute approximate surface area is 118 Å². The number of hydrogen-bond acceptors (Lipinski definition) is 2. The van der Waals surface area contributed by atoms with Gasteiger partial charge in [-0.2, -0.15) is 4.39 Å². The molecule has 0 bridgehead atoms. The van der Waals surface area contributed by atoms with Gasteiger partial charge < -0.3 is 9.47 Å². The Balaban J connectivity index is 2.16. The molecule has 0 spiro atoms. The molecule has 0 aromatic heterocycles. The molecule has 1 aliphatic heterocycles. The molecule has 0 saturated carbocycles. The van der Waals surface area contributed by atoms with E-state index < -0.39 is 17.7 Å². The molecule has 0 radical (unpaired) electrons. The summed E-state index contributed by atoms with van der Waals surface area (Å²) in [5, 5.41) is 0. The molecule has 4 heteroatoms. The smallest absolute Gasteiger partial charge is 0.201 e. The molecular weight excluding hydrogens is 262 g/mol. The Morgan fingerprint density at radius 3 is 2.65 bits per heavy atom. The second kappa shape index (κ2) is 6.73. The van der Waals surface area contributed by atoms with Crippen LogP contribution >= 0.6 is 0 Å². The van der Waals surface area contributed by atoms with Gasteiger partial charge in [0.15, 0.2) is 11.6 Å². The van der Waals surface area contributed by atoms with E-state index in [9.17, 15) is 8.78 Å². The van der Waals surface area contributed by atoms with Crippen LogP contribution in [0.15, 0.2) is 24.0 Å². The van der Waals surface area contributed by atoms with Crippen molar-refractivity contribution in [3.8, 4) is 5.75 Å². The maximum absolute atomic E-state index is 14.1. The molecule has 0 aliphatic carbocycles. The fourth-order valence-electron chi connectivity index (χ4n) is 2.42. The van der Waals surface area contributed by atoms with Crippen LogP contribution in [-0.4, -0.2) is 6.61 Å². The van der Waals surface area contributed by atoms with Gasteiger partial charge in [0, 0.05) is 5.56 Å². The van der Waals surface area contributed by atoms with Crippen molar-refractivity contribution in [1.29, 1.82) is 0 Å². The van der Waals surface area contributed by atoms with Crippen molar-refractivity contribution in [3.05, 3.63) is 41.2 Å². The van der Waals surface area contributed by atoms with E-state index in [2.05, 4.69) is 6.92 Å². The van der Waals surface area contributed by atoms with Gasteiger partial charge in [-0.1, -0.05) is 13.3 Å². The number of allylic oxidation sites excluding steroid dienone is 1. The van der Waals surface area contributed by atoms with Gasteiger partial charge in [0.05, 0.1) is 12.9 Å². The molecule has 1 heterocycles. The molecule has 1 aliphatic rings. The molecule has 0 fully saturated rings. The second-order valence-corrected chi connectivity index (χ2v) is 4.90. The first kappa shape index (κ1) is 14.8. The third kappa shape index (κ3) is 3.11. The van der Waals surface area contributed by atoms with Gasteiger partial charge in [-0.25, -0.2) is 4.39 Å². The molecule has 20 heavy (non-hydrogen) atoms. The summed E-state index contributed by atoms with van der Waals surface area (Å²) in [6, 6.07) is 3.01. The Bertz CT molecular complexity index is 497. The average molecular weight is 282 g/mol. The van der Waals surface area contributed by atoms with Crippen LogP contribution in [-0.2, 0) is 4.74 Å². The maximum Gasteiger partial charge on any atom is 0.201 e. The molecular formula is C16H20F2O2. The summed E-state index contributed by atoms with van der Waals surface area (Å²) in [6.45, 7) is 4.14. The van der Waals surface area contributed by atoms with Gasteiger partial charge in [0.1, 0.15) is 6.10 Å². The van der Waals surface area contributed by atoms with E-state index in [1.165, 1.54) is 11.6 Å². The highest BCUT2D eigenvalue weighted by Crippen LogP contribution is 2.35. The molecule has 0 N–H and O–H groups in total. The minimum Gasteiger partial charge on any atom is -0.493 e. The van der Waals surface area contributed by atoms with Crippen molar-refractivity contribution < 1.29 is 18.3 Å². The van der Waals surface area contributed by atoms with Crippen molar-refractivity contribution in [1.82, 2.24) is 0 Å². The molecule has 1 aromatic carbocycles. The fraction of sp³-hybridized carbons (Fsp3) is 0.500. The summed E-state index contributed by atoms with van der Waals surface area (Å²) in [5.41, 5.74) is 1.49. The van der Waals surface area contributed by atoms with E-state index in [1.54, 1.807) is 19.3 Å². The lowest BCUT2D eigenvalue weighted by Crippen LogP contribution is -2.10. The minimum absolute atomic E-state index is 0.0493. The summed E-state index contributed by atoms with van der Waals surface area (Å²) in [7, 11) is 0. The monoisotopic (exact) mass is 282 g/mol. The molecule has 1 unspecified atom stereocenters. The molecule has 1 atom stereocenters. The molecule has 2 rings (SSSR count). The Morgan fingerprint density at radius 2 is 2.05 bits per heavy atom. The van der Waals surface area contributed by atoms with Crippen molar-refractivity contribution in [2.45, 2.75) is 45.6 Å². The first-order valence-electron chi connectivity index (χ1n) is 7.11. The largest absolute Gasteiger partial charge is 0.493 e. The summed E-state index contributed by atoms with van der Waals surface area (Å²) in [6.07, 6.45) is 4.88. The Kier molecular flexibility index (Phi) is 4.99. The van der Waals surface area contributed by atoms with Crippen LogP contribution < -0.4 is 4.74 Å². The van der Waals surface area contributed by atoms with E-state index >= 15 is 0 Å². The zero-order valence-corrected chi connectivity index (χ0v) is 11.9. The van der Waals surface area contributed by atoms with Gasteiger partial charge >= 0.3 is 0 Å². The molecule has 0 amide bonds. The SMILES string of the molecule is CCCC1=COC(c2ccc(OCC)c(F)c2F)CC1. The standard InChI is InChI=1S/C16H20F2O2/c1-3-5-11-6-8-13(20-10-11)12-7-9-14(19-4-2)16(18)15(12)17/h7,9-10,13H,3-6,8H2,1-2H3. The maximum atomic E-state index is 14.1. The van der Waals surface area contributed by atoms with Gasteiger partial charge in [0.2, 0.25) is 5.82 Å². The van der Waals surface area contributed by atoms with Gasteiger partial charge in [0.25, 0.3) is 0 Å². The van der Waals surface area contributed by atoms with E-state index in [0.717, 1.165) is 19.3 Å². The topological polar surface area (TPSA) is 18.5 Å². The van der Waals surface area contributed by atoms with Gasteiger partial charge in [-0.15, -0.1) is 0 Å². The van der Waals surface area contributed by atoms with Crippen molar-refractivity contribution >= 4 is 0 Å². The fourth-order valence-corrected chi connectivity index (χ4v) is 2.42. The number of benzene rings is 1. The van der Waals surface area contributed by atoms with Gasteiger partial charge in [-0.3, -0.25) is 0 Å². The van der Waals surface area contributed by atoms with Crippen LogP contribution in [0.2, 0.25) is 0 Å². The van der Waals surface area contributed by atoms with Crippen LogP contribution in [0.4, 0.5) is 8.78 Å². The van der Waals surface area contributed by atoms with Gasteiger partial charge in [-0.05, 0) is 43.9 Å². The Morgan fingerprint density at radius 1 is 1.25 bits per heavy atom. The third-order valence-electron chi connectivity index (χ3n) is 3.42. The minimum atomic E-state index is -0.934.